The van der Waals surface area contributed by atoms with Gasteiger partial charge in [0, 0.05) is 5.59 Å². The van der Waals surface area contributed by atoms with Crippen LogP contribution >= 0.6 is 11.3 Å². The predicted molar refractivity (Wildman–Crippen MR) is 67.0 cm³/mol. The Balaban J connectivity index is 2.55. The summed E-state index contributed by atoms with van der Waals surface area (Å²) in [5.74, 6) is 0. The van der Waals surface area contributed by atoms with Crippen molar-refractivity contribution in [2.45, 2.75) is 0 Å². The molecule has 2 aromatic heterocycles. The fourth-order valence-electron chi connectivity index (χ4n) is 1.39. The number of urea groups is 1. The van der Waals surface area contributed by atoms with Crippen LogP contribution < -0.4 is 22.2 Å². The average molecular weight is 218 g/mol. The van der Waals surface area contributed by atoms with Crippen LogP contribution in [0.4, 0.5) is 9.93 Å². The third-order valence-corrected chi connectivity index (χ3v) is 3.00. The number of nitrogens with two attached hydrogens (primary N) is 1. The monoisotopic (exact) mass is 218 g/mol. The molecule has 5 nitrogen and oxygen atoms in total. The van der Waals surface area contributed by atoms with Crippen molar-refractivity contribution in [3.63, 3.8) is 0 Å². The Hall–Kier alpha value is -1.56. The molecule has 0 radical (unpaired) electrons. The minimum absolute atomic E-state index is 0.507. The number of pyridine rings is 1. The van der Waals surface area contributed by atoms with Crippen LogP contribution in [-0.2, 0) is 0 Å². The van der Waals surface area contributed by atoms with Gasteiger partial charge in [-0.1, -0.05) is 11.3 Å². The second-order valence-corrected chi connectivity index (χ2v) is 4.20. The quantitative estimate of drug-likeness (QED) is 0.528. The van der Waals surface area contributed by atoms with E-state index in [9.17, 15) is 4.79 Å². The first-order valence-electron chi connectivity index (χ1n) is 4.37. The molecular weight excluding hydrogens is 210 g/mol. The molecule has 0 aliphatic carbocycles. The number of aromatic nitrogens is 2. The van der Waals surface area contributed by atoms with E-state index in [0.29, 0.717) is 5.13 Å². The first kappa shape index (κ1) is 9.97. The Labute approximate surface area is 91.9 Å². The topological polar surface area (TPSA) is 80.9 Å². The van der Waals surface area contributed by atoms with Crippen LogP contribution in [0.1, 0.15) is 0 Å². The van der Waals surface area contributed by atoms with E-state index in [1.807, 2.05) is 21.8 Å². The first-order valence-corrected chi connectivity index (χ1v) is 5.19. The lowest BCUT2D eigenvalue weighted by Gasteiger charge is -1.95. The summed E-state index contributed by atoms with van der Waals surface area (Å²) >= 11 is 1.38. The minimum atomic E-state index is -0.601. The van der Waals surface area contributed by atoms with E-state index in [-0.39, 0.29) is 0 Å². The third-order valence-electron chi connectivity index (χ3n) is 1.90. The highest BCUT2D eigenvalue weighted by molar-refractivity contribution is 7.23. The van der Waals surface area contributed by atoms with Crippen LogP contribution in [0.5, 0.6) is 0 Å². The van der Waals surface area contributed by atoms with E-state index in [2.05, 4.69) is 15.3 Å². The largest absolute Gasteiger partial charge is 0.351 e. The molecule has 2 rings (SSSR count). The number of nitrogens with zero attached hydrogens (tertiary/aromatic N) is 2. The number of carbonyl (C=O) groups excluding carboxylic acids is 1. The van der Waals surface area contributed by atoms with E-state index in [1.54, 1.807) is 0 Å². The Morgan fingerprint density at radius 1 is 1.47 bits per heavy atom. The molecular formula is C7H8B2N4OS. The van der Waals surface area contributed by atoms with Crippen molar-refractivity contribution in [2.75, 3.05) is 5.32 Å². The molecule has 0 aliphatic rings. The molecule has 0 atom stereocenters. The van der Waals surface area contributed by atoms with Gasteiger partial charge < -0.3 is 5.73 Å². The van der Waals surface area contributed by atoms with Gasteiger partial charge in [0.05, 0.1) is 10.2 Å². The van der Waals surface area contributed by atoms with Gasteiger partial charge in [0.2, 0.25) is 0 Å². The molecule has 2 heterocycles. The maximum Gasteiger partial charge on any atom is 0.318 e. The Morgan fingerprint density at radius 2 is 2.20 bits per heavy atom. The van der Waals surface area contributed by atoms with Crippen LogP contribution in [0.3, 0.4) is 0 Å². The standard InChI is InChI=1S/C7H8B2N4OS/c8-3-1-2-4(5(9)12-3)15-7(11-2)13-6(10)14/h1H,8-9H2,(H3,10,11,13,14). The molecule has 0 unspecified atom stereocenters. The zero-order valence-corrected chi connectivity index (χ0v) is 9.18. The van der Waals surface area contributed by atoms with Gasteiger partial charge >= 0.3 is 6.03 Å². The number of carbonyl (C=O) groups is 1. The van der Waals surface area contributed by atoms with Gasteiger partial charge in [0.15, 0.2) is 20.8 Å². The zero-order valence-electron chi connectivity index (χ0n) is 8.37. The molecule has 8 heteroatoms. The van der Waals surface area contributed by atoms with E-state index >= 15 is 0 Å². The number of anilines is 1. The highest BCUT2D eigenvalue weighted by Gasteiger charge is 2.08. The number of amides is 2. The molecule has 2 amide bonds. The van der Waals surface area contributed by atoms with E-state index < -0.39 is 6.03 Å². The minimum Gasteiger partial charge on any atom is -0.351 e. The summed E-state index contributed by atoms with van der Waals surface area (Å²) in [4.78, 5) is 19.2. The second kappa shape index (κ2) is 3.54. The molecule has 0 bridgehead atoms. The van der Waals surface area contributed by atoms with Crippen molar-refractivity contribution in [1.29, 1.82) is 0 Å². The molecule has 3 N–H and O–H groups in total. The maximum atomic E-state index is 10.7. The average Bonchev–Trinajstić information content (AvgIpc) is 2.45. The molecule has 0 saturated heterocycles. The van der Waals surface area contributed by atoms with Crippen LogP contribution in [-0.4, -0.2) is 31.7 Å². The summed E-state index contributed by atoms with van der Waals surface area (Å²) in [6, 6.07) is 1.28. The van der Waals surface area contributed by atoms with Crippen molar-refractivity contribution in [3.05, 3.63) is 6.07 Å². The third kappa shape index (κ3) is 1.94. The number of primary amides is 1. The van der Waals surface area contributed by atoms with Gasteiger partial charge in [-0.2, -0.15) is 0 Å². The van der Waals surface area contributed by atoms with Gasteiger partial charge in [0.25, 0.3) is 0 Å². The summed E-state index contributed by atoms with van der Waals surface area (Å²) in [7, 11) is 3.83. The lowest BCUT2D eigenvalue weighted by molar-refractivity contribution is 0.259. The van der Waals surface area contributed by atoms with Crippen LogP contribution in [0.15, 0.2) is 6.07 Å². The van der Waals surface area contributed by atoms with Crippen molar-refractivity contribution in [3.8, 4) is 0 Å². The van der Waals surface area contributed by atoms with E-state index in [1.165, 1.54) is 11.3 Å². The van der Waals surface area contributed by atoms with Crippen molar-refractivity contribution in [1.82, 2.24) is 9.97 Å². The lowest BCUT2D eigenvalue weighted by atomic mass is 9.98. The summed E-state index contributed by atoms with van der Waals surface area (Å²) in [5.41, 5.74) is 7.69. The molecule has 0 fully saturated rings. The smallest absolute Gasteiger partial charge is 0.318 e. The van der Waals surface area contributed by atoms with Gasteiger partial charge in [0.1, 0.15) is 0 Å². The van der Waals surface area contributed by atoms with Crippen LogP contribution in [0.2, 0.25) is 0 Å². The molecule has 0 aliphatic heterocycles. The normalized spacial score (nSPS) is 10.4. The second-order valence-electron chi connectivity index (χ2n) is 3.21. The molecule has 0 aromatic carbocycles. The number of thiazole rings is 1. The van der Waals surface area contributed by atoms with E-state index in [4.69, 9.17) is 5.73 Å². The Morgan fingerprint density at radius 3 is 2.87 bits per heavy atom. The Kier molecular flexibility index (Phi) is 2.36. The fourth-order valence-corrected chi connectivity index (χ4v) is 2.28. The molecule has 0 spiro atoms. The predicted octanol–water partition coefficient (Wildman–Crippen LogP) is -2.30. The number of fused-ring (bicyclic) bond motifs is 1. The number of hydrogen-bond donors (Lipinski definition) is 2. The Bertz CT molecular complexity index is 541. The van der Waals surface area contributed by atoms with Crippen molar-refractivity contribution in [2.24, 2.45) is 5.73 Å². The van der Waals surface area contributed by atoms with Crippen LogP contribution in [0, 0.1) is 0 Å². The number of nitrogens with one attached hydrogen (secondary N) is 1. The summed E-state index contributed by atoms with van der Waals surface area (Å²) in [5, 5.41) is 2.97. The van der Waals surface area contributed by atoms with Gasteiger partial charge in [-0.05, 0) is 11.7 Å². The number of hydrogen-bond acceptors (Lipinski definition) is 4. The highest BCUT2D eigenvalue weighted by Crippen LogP contribution is 2.22. The van der Waals surface area contributed by atoms with Gasteiger partial charge in [-0.15, -0.1) is 0 Å². The summed E-state index contributed by atoms with van der Waals surface area (Å²) < 4.78 is 0.976. The maximum absolute atomic E-state index is 10.7. The number of rotatable bonds is 1. The zero-order chi connectivity index (χ0) is 11.0. The summed E-state index contributed by atoms with van der Waals surface area (Å²) in [6.07, 6.45) is 0. The van der Waals surface area contributed by atoms with Crippen LogP contribution in [0.25, 0.3) is 10.2 Å². The van der Waals surface area contributed by atoms with Crippen molar-refractivity contribution < 1.29 is 4.79 Å². The van der Waals surface area contributed by atoms with Crippen molar-refractivity contribution >= 4 is 59.6 Å². The van der Waals surface area contributed by atoms with Gasteiger partial charge in [-0.3, -0.25) is 10.3 Å². The van der Waals surface area contributed by atoms with Gasteiger partial charge in [-0.25, -0.2) is 9.78 Å². The van der Waals surface area contributed by atoms with E-state index in [0.717, 1.165) is 21.4 Å². The lowest BCUT2D eigenvalue weighted by Crippen LogP contribution is -2.20. The summed E-state index contributed by atoms with van der Waals surface area (Å²) in [6.45, 7) is 0. The highest BCUT2D eigenvalue weighted by atomic mass is 32.1. The SMILES string of the molecule is Bc1cc2nc(NC(N)=O)sc2c(B)n1. The first-order chi connectivity index (χ1) is 7.06. The fraction of sp³-hybridized carbons (Fsp3) is 0. The molecule has 2 aromatic rings. The molecule has 0 saturated carbocycles. The molecule has 74 valence electrons. The molecule has 15 heavy (non-hydrogen) atoms.